The molecule has 1 aromatic rings. The van der Waals surface area contributed by atoms with Gasteiger partial charge in [-0.05, 0) is 32.0 Å². The molecule has 5 nitrogen and oxygen atoms in total. The molecular formula is C16H24N2O3. The molecule has 0 saturated carbocycles. The number of nitrogens with zero attached hydrogens (tertiary/aromatic N) is 2. The van der Waals surface area contributed by atoms with Gasteiger partial charge in [0.05, 0.1) is 18.2 Å². The third-order valence-corrected chi connectivity index (χ3v) is 3.16. The summed E-state index contributed by atoms with van der Waals surface area (Å²) in [5.74, 6) is 0.598. The van der Waals surface area contributed by atoms with Crippen molar-refractivity contribution in [1.29, 1.82) is 5.26 Å². The Morgan fingerprint density at radius 2 is 2.14 bits per heavy atom. The van der Waals surface area contributed by atoms with E-state index in [-0.39, 0.29) is 6.61 Å². The van der Waals surface area contributed by atoms with Gasteiger partial charge in [0.1, 0.15) is 18.5 Å². The van der Waals surface area contributed by atoms with Crippen LogP contribution in [0.15, 0.2) is 24.3 Å². The summed E-state index contributed by atoms with van der Waals surface area (Å²) < 4.78 is 10.6. The number of hydrogen-bond donors (Lipinski definition) is 1. The van der Waals surface area contributed by atoms with E-state index >= 15 is 0 Å². The zero-order chi connectivity index (χ0) is 15.7. The zero-order valence-corrected chi connectivity index (χ0v) is 13.0. The lowest BCUT2D eigenvalue weighted by atomic mass is 10.2. The fourth-order valence-electron chi connectivity index (χ4n) is 1.94. The largest absolute Gasteiger partial charge is 0.491 e. The minimum atomic E-state index is -0.588. The van der Waals surface area contributed by atoms with Crippen molar-refractivity contribution < 1.29 is 14.6 Å². The van der Waals surface area contributed by atoms with E-state index in [0.29, 0.717) is 30.5 Å². The molecule has 0 aliphatic heterocycles. The molecule has 1 aromatic carbocycles. The van der Waals surface area contributed by atoms with Gasteiger partial charge in [-0.25, -0.2) is 0 Å². The number of rotatable bonds is 9. The fourth-order valence-corrected chi connectivity index (χ4v) is 1.94. The van der Waals surface area contributed by atoms with Crippen LogP contribution in [0.25, 0.3) is 0 Å². The number of benzene rings is 1. The predicted octanol–water partition coefficient (Wildman–Crippen LogP) is 1.65. The van der Waals surface area contributed by atoms with E-state index in [9.17, 15) is 5.11 Å². The van der Waals surface area contributed by atoms with Crippen LogP contribution in [0.5, 0.6) is 5.75 Å². The first-order valence-electron chi connectivity index (χ1n) is 7.10. The van der Waals surface area contributed by atoms with E-state index < -0.39 is 6.10 Å². The number of methoxy groups -OCH3 is 1. The molecule has 5 heteroatoms. The highest BCUT2D eigenvalue weighted by molar-refractivity contribution is 5.36. The minimum absolute atomic E-state index is 0.199. The quantitative estimate of drug-likeness (QED) is 0.750. The second-order valence-electron chi connectivity index (χ2n) is 5.19. The monoisotopic (exact) mass is 292 g/mol. The first-order chi connectivity index (χ1) is 10.1. The first-order valence-corrected chi connectivity index (χ1v) is 7.10. The van der Waals surface area contributed by atoms with E-state index in [1.165, 1.54) is 0 Å². The van der Waals surface area contributed by atoms with Gasteiger partial charge in [-0.3, -0.25) is 4.90 Å². The van der Waals surface area contributed by atoms with E-state index in [1.807, 2.05) is 0 Å². The Labute approximate surface area is 126 Å². The third kappa shape index (κ3) is 6.58. The Balaban J connectivity index is 2.44. The summed E-state index contributed by atoms with van der Waals surface area (Å²) in [6, 6.07) is 9.31. The SMILES string of the molecule is COCCN(CC(O)COc1cccc(C#N)c1)C(C)C. The maximum absolute atomic E-state index is 10.1. The molecule has 1 atom stereocenters. The molecule has 1 rings (SSSR count). The van der Waals surface area contributed by atoms with E-state index in [2.05, 4.69) is 24.8 Å². The van der Waals surface area contributed by atoms with Crippen molar-refractivity contribution in [2.45, 2.75) is 26.0 Å². The van der Waals surface area contributed by atoms with Crippen LogP contribution in [-0.4, -0.2) is 55.6 Å². The number of aliphatic hydroxyl groups excluding tert-OH is 1. The van der Waals surface area contributed by atoms with E-state index in [0.717, 1.165) is 6.54 Å². The van der Waals surface area contributed by atoms with Gasteiger partial charge in [0.2, 0.25) is 0 Å². The molecule has 0 heterocycles. The molecule has 116 valence electrons. The number of aliphatic hydroxyl groups is 1. The van der Waals surface area contributed by atoms with Gasteiger partial charge in [0, 0.05) is 26.2 Å². The van der Waals surface area contributed by atoms with Crippen molar-refractivity contribution in [3.63, 3.8) is 0 Å². The standard InChI is InChI=1S/C16H24N2O3/c1-13(2)18(7-8-20-3)11-15(19)12-21-16-6-4-5-14(9-16)10-17/h4-6,9,13,15,19H,7-8,11-12H2,1-3H3. The molecular weight excluding hydrogens is 268 g/mol. The van der Waals surface area contributed by atoms with Gasteiger partial charge in [0.25, 0.3) is 0 Å². The first kappa shape index (κ1) is 17.4. The Kier molecular flexibility index (Phi) is 7.76. The number of ether oxygens (including phenoxy) is 2. The van der Waals surface area contributed by atoms with Crippen molar-refractivity contribution in [1.82, 2.24) is 4.90 Å². The summed E-state index contributed by atoms with van der Waals surface area (Å²) in [7, 11) is 1.67. The van der Waals surface area contributed by atoms with Crippen LogP contribution in [0.3, 0.4) is 0 Å². The smallest absolute Gasteiger partial charge is 0.120 e. The van der Waals surface area contributed by atoms with Gasteiger partial charge in [-0.1, -0.05) is 6.07 Å². The summed E-state index contributed by atoms with van der Waals surface area (Å²) in [6.45, 7) is 6.30. The van der Waals surface area contributed by atoms with Crippen LogP contribution in [-0.2, 0) is 4.74 Å². The topological polar surface area (TPSA) is 65.7 Å². The number of nitriles is 1. The molecule has 1 unspecified atom stereocenters. The van der Waals surface area contributed by atoms with Crippen molar-refractivity contribution in [2.24, 2.45) is 0 Å². The summed E-state index contributed by atoms with van der Waals surface area (Å²) >= 11 is 0. The molecule has 0 amide bonds. The molecule has 0 fully saturated rings. The van der Waals surface area contributed by atoms with E-state index in [4.69, 9.17) is 14.7 Å². The normalized spacial score (nSPS) is 12.4. The third-order valence-electron chi connectivity index (χ3n) is 3.16. The minimum Gasteiger partial charge on any atom is -0.491 e. The zero-order valence-electron chi connectivity index (χ0n) is 13.0. The second kappa shape index (κ2) is 9.35. The maximum atomic E-state index is 10.1. The molecule has 0 aliphatic rings. The highest BCUT2D eigenvalue weighted by Crippen LogP contribution is 2.13. The molecule has 0 bridgehead atoms. The average molecular weight is 292 g/mol. The molecule has 0 aromatic heterocycles. The number of hydrogen-bond acceptors (Lipinski definition) is 5. The summed E-state index contributed by atoms with van der Waals surface area (Å²) in [5, 5.41) is 18.9. The second-order valence-corrected chi connectivity index (χ2v) is 5.19. The van der Waals surface area contributed by atoms with Gasteiger partial charge in [-0.15, -0.1) is 0 Å². The summed E-state index contributed by atoms with van der Waals surface area (Å²) in [6.07, 6.45) is -0.588. The highest BCUT2D eigenvalue weighted by atomic mass is 16.5. The average Bonchev–Trinajstić information content (AvgIpc) is 2.49. The van der Waals surface area contributed by atoms with Crippen LogP contribution in [0, 0.1) is 11.3 Å². The summed E-state index contributed by atoms with van der Waals surface area (Å²) in [5.41, 5.74) is 0.547. The highest BCUT2D eigenvalue weighted by Gasteiger charge is 2.15. The van der Waals surface area contributed by atoms with Gasteiger partial charge in [0.15, 0.2) is 0 Å². The van der Waals surface area contributed by atoms with Crippen LogP contribution in [0.1, 0.15) is 19.4 Å². The van der Waals surface area contributed by atoms with Crippen molar-refractivity contribution in [3.05, 3.63) is 29.8 Å². The molecule has 0 radical (unpaired) electrons. The Morgan fingerprint density at radius 1 is 1.38 bits per heavy atom. The van der Waals surface area contributed by atoms with Gasteiger partial charge in [-0.2, -0.15) is 5.26 Å². The molecule has 0 spiro atoms. The van der Waals surface area contributed by atoms with Crippen molar-refractivity contribution in [2.75, 3.05) is 33.4 Å². The molecule has 21 heavy (non-hydrogen) atoms. The molecule has 0 aliphatic carbocycles. The molecule has 0 saturated heterocycles. The van der Waals surface area contributed by atoms with Crippen LogP contribution >= 0.6 is 0 Å². The fraction of sp³-hybridized carbons (Fsp3) is 0.562. The van der Waals surface area contributed by atoms with Crippen LogP contribution in [0.2, 0.25) is 0 Å². The van der Waals surface area contributed by atoms with Crippen molar-refractivity contribution >= 4 is 0 Å². The molecule has 1 N–H and O–H groups in total. The van der Waals surface area contributed by atoms with Crippen LogP contribution in [0.4, 0.5) is 0 Å². The Bertz CT molecular complexity index is 457. The van der Waals surface area contributed by atoms with Gasteiger partial charge < -0.3 is 14.6 Å². The van der Waals surface area contributed by atoms with Gasteiger partial charge >= 0.3 is 0 Å². The van der Waals surface area contributed by atoms with Crippen LogP contribution < -0.4 is 4.74 Å². The Hall–Kier alpha value is -1.61. The Morgan fingerprint density at radius 3 is 2.76 bits per heavy atom. The maximum Gasteiger partial charge on any atom is 0.120 e. The van der Waals surface area contributed by atoms with E-state index in [1.54, 1.807) is 31.4 Å². The van der Waals surface area contributed by atoms with Crippen molar-refractivity contribution in [3.8, 4) is 11.8 Å². The lowest BCUT2D eigenvalue weighted by Gasteiger charge is -2.28. The lowest BCUT2D eigenvalue weighted by molar-refractivity contribution is 0.0453. The lowest BCUT2D eigenvalue weighted by Crippen LogP contribution is -2.41. The predicted molar refractivity (Wildman–Crippen MR) is 81.2 cm³/mol. The summed E-state index contributed by atoms with van der Waals surface area (Å²) in [4.78, 5) is 2.14.